The summed E-state index contributed by atoms with van der Waals surface area (Å²) in [5, 5.41) is 5.18. The molecule has 1 unspecified atom stereocenters. The Labute approximate surface area is 139 Å². The molecule has 0 fully saturated rings. The molecule has 2 aromatic heterocycles. The van der Waals surface area contributed by atoms with Crippen molar-refractivity contribution in [1.29, 1.82) is 0 Å². The Morgan fingerprint density at radius 1 is 1.43 bits per heavy atom. The summed E-state index contributed by atoms with van der Waals surface area (Å²) in [5.41, 5.74) is 6.68. The molecule has 0 saturated carbocycles. The maximum Gasteiger partial charge on any atom is 0.270 e. The number of carbonyl (C=O) groups is 1. The van der Waals surface area contributed by atoms with Crippen LogP contribution in [0.25, 0.3) is 10.7 Å². The van der Waals surface area contributed by atoms with Crippen molar-refractivity contribution < 1.29 is 4.79 Å². The van der Waals surface area contributed by atoms with E-state index >= 15 is 0 Å². The van der Waals surface area contributed by atoms with Crippen molar-refractivity contribution in [3.8, 4) is 10.7 Å². The summed E-state index contributed by atoms with van der Waals surface area (Å²) in [4.78, 5) is 24.2. The minimum atomic E-state index is -0.188. The van der Waals surface area contributed by atoms with E-state index in [0.717, 1.165) is 6.42 Å². The van der Waals surface area contributed by atoms with Crippen LogP contribution in [0.2, 0.25) is 0 Å². The molecule has 21 heavy (non-hydrogen) atoms. The van der Waals surface area contributed by atoms with E-state index in [1.165, 1.54) is 11.3 Å². The molecule has 3 N–H and O–H groups in total. The first-order chi connectivity index (χ1) is 9.16. The van der Waals surface area contributed by atoms with Crippen molar-refractivity contribution in [3.63, 3.8) is 0 Å². The largest absolute Gasteiger partial charge is 0.351 e. The van der Waals surface area contributed by atoms with Crippen molar-refractivity contribution in [2.24, 2.45) is 5.73 Å². The third-order valence-electron chi connectivity index (χ3n) is 2.40. The lowest BCUT2D eigenvalue weighted by Gasteiger charge is -2.05. The molecule has 2 aromatic rings. The second-order valence-corrected chi connectivity index (χ2v) is 5.01. The zero-order valence-corrected chi connectivity index (χ0v) is 13.8. The van der Waals surface area contributed by atoms with E-state index in [4.69, 9.17) is 5.73 Å². The lowest BCUT2D eigenvalue weighted by atomic mass is 10.2. The molecule has 0 aromatic carbocycles. The molecule has 6 nitrogen and oxygen atoms in total. The number of amides is 1. The minimum Gasteiger partial charge on any atom is -0.351 e. The lowest BCUT2D eigenvalue weighted by Crippen LogP contribution is -2.29. The van der Waals surface area contributed by atoms with E-state index in [1.54, 1.807) is 24.0 Å². The fourth-order valence-electron chi connectivity index (χ4n) is 1.41. The smallest absolute Gasteiger partial charge is 0.270 e. The van der Waals surface area contributed by atoms with Gasteiger partial charge in [-0.05, 0) is 13.3 Å². The van der Waals surface area contributed by atoms with E-state index in [0.29, 0.717) is 22.9 Å². The first-order valence-electron chi connectivity index (χ1n) is 5.92. The van der Waals surface area contributed by atoms with Gasteiger partial charge < -0.3 is 11.1 Å². The van der Waals surface area contributed by atoms with Crippen LogP contribution in [0.1, 0.15) is 23.8 Å². The molecule has 1 amide bonds. The van der Waals surface area contributed by atoms with Crippen LogP contribution in [0.5, 0.6) is 0 Å². The number of hydrogen-bond acceptors (Lipinski definition) is 6. The molecule has 0 radical (unpaired) electrons. The monoisotopic (exact) mass is 349 g/mol. The lowest BCUT2D eigenvalue weighted by molar-refractivity contribution is 0.0948. The topological polar surface area (TPSA) is 93.8 Å². The minimum absolute atomic E-state index is 0. The van der Waals surface area contributed by atoms with Gasteiger partial charge in [0.05, 0.1) is 6.20 Å². The summed E-state index contributed by atoms with van der Waals surface area (Å²) >= 11 is 1.37. The summed E-state index contributed by atoms with van der Waals surface area (Å²) in [6, 6.07) is 0.0749. The SMILES string of the molecule is CC(N)CCNC(=O)c1csc(-c2cnccn2)n1.Cl.Cl. The number of halogens is 2. The molecule has 0 aliphatic heterocycles. The Kier molecular flexibility index (Phi) is 9.03. The molecule has 0 saturated heterocycles. The number of rotatable bonds is 5. The Morgan fingerprint density at radius 3 is 2.81 bits per heavy atom. The van der Waals surface area contributed by atoms with Gasteiger partial charge in [0.15, 0.2) is 0 Å². The average Bonchev–Trinajstić information content (AvgIpc) is 2.89. The number of thiazole rings is 1. The van der Waals surface area contributed by atoms with E-state index < -0.39 is 0 Å². The van der Waals surface area contributed by atoms with Crippen molar-refractivity contribution in [2.45, 2.75) is 19.4 Å². The fraction of sp³-hybridized carbons (Fsp3) is 0.333. The predicted octanol–water partition coefficient (Wildman–Crippen LogP) is 1.91. The summed E-state index contributed by atoms with van der Waals surface area (Å²) in [5.74, 6) is -0.188. The van der Waals surface area contributed by atoms with Crippen LogP contribution in [-0.4, -0.2) is 33.4 Å². The van der Waals surface area contributed by atoms with Gasteiger partial charge in [0.1, 0.15) is 16.4 Å². The van der Waals surface area contributed by atoms with Gasteiger partial charge in [0, 0.05) is 30.4 Å². The summed E-state index contributed by atoms with van der Waals surface area (Å²) < 4.78 is 0. The highest BCUT2D eigenvalue weighted by atomic mass is 35.5. The summed E-state index contributed by atoms with van der Waals surface area (Å²) in [7, 11) is 0. The molecule has 2 heterocycles. The molecule has 1 atom stereocenters. The van der Waals surface area contributed by atoms with E-state index in [1.807, 2.05) is 6.92 Å². The molecule has 0 spiro atoms. The zero-order valence-electron chi connectivity index (χ0n) is 11.4. The van der Waals surface area contributed by atoms with Crippen LogP contribution >= 0.6 is 36.2 Å². The van der Waals surface area contributed by atoms with Crippen molar-refractivity contribution in [2.75, 3.05) is 6.54 Å². The number of nitrogens with one attached hydrogen (secondary N) is 1. The third-order valence-corrected chi connectivity index (χ3v) is 3.27. The van der Waals surface area contributed by atoms with Crippen LogP contribution in [0.15, 0.2) is 24.0 Å². The van der Waals surface area contributed by atoms with Gasteiger partial charge in [-0.15, -0.1) is 36.2 Å². The van der Waals surface area contributed by atoms with Crippen LogP contribution in [-0.2, 0) is 0 Å². The van der Waals surface area contributed by atoms with Gasteiger partial charge in [-0.2, -0.15) is 0 Å². The van der Waals surface area contributed by atoms with E-state index in [9.17, 15) is 4.79 Å². The van der Waals surface area contributed by atoms with E-state index in [2.05, 4.69) is 20.3 Å². The van der Waals surface area contributed by atoms with Gasteiger partial charge in [-0.25, -0.2) is 4.98 Å². The Morgan fingerprint density at radius 2 is 2.19 bits per heavy atom. The second kappa shape index (κ2) is 9.62. The maximum atomic E-state index is 11.8. The number of carbonyl (C=O) groups excluding carboxylic acids is 1. The standard InChI is InChI=1S/C12H15N5OS.2ClH/c1-8(13)2-3-16-11(18)10-7-19-12(17-10)9-6-14-4-5-15-9;;/h4-8H,2-3,13H2,1H3,(H,16,18);2*1H. The van der Waals surface area contributed by atoms with Crippen molar-refractivity contribution in [1.82, 2.24) is 20.3 Å². The third kappa shape index (κ3) is 5.92. The Hall–Kier alpha value is -1.28. The van der Waals surface area contributed by atoms with Gasteiger partial charge >= 0.3 is 0 Å². The summed E-state index contributed by atoms with van der Waals surface area (Å²) in [6.45, 7) is 2.45. The van der Waals surface area contributed by atoms with Crippen LogP contribution < -0.4 is 11.1 Å². The van der Waals surface area contributed by atoms with Gasteiger partial charge in [-0.1, -0.05) is 0 Å². The number of nitrogens with two attached hydrogens (primary N) is 1. The van der Waals surface area contributed by atoms with Crippen LogP contribution in [0, 0.1) is 0 Å². The quantitative estimate of drug-likeness (QED) is 0.859. The van der Waals surface area contributed by atoms with Gasteiger partial charge in [0.2, 0.25) is 0 Å². The highest BCUT2D eigenvalue weighted by molar-refractivity contribution is 7.13. The molecule has 116 valence electrons. The zero-order chi connectivity index (χ0) is 13.7. The summed E-state index contributed by atoms with van der Waals surface area (Å²) in [6.07, 6.45) is 5.56. The predicted molar refractivity (Wildman–Crippen MR) is 88.2 cm³/mol. The number of nitrogens with zero attached hydrogens (tertiary/aromatic N) is 3. The molecule has 2 rings (SSSR count). The molecular weight excluding hydrogens is 333 g/mol. The number of aromatic nitrogens is 3. The maximum absolute atomic E-state index is 11.8. The molecule has 0 aliphatic carbocycles. The van der Waals surface area contributed by atoms with E-state index in [-0.39, 0.29) is 36.8 Å². The highest BCUT2D eigenvalue weighted by Crippen LogP contribution is 2.20. The number of hydrogen-bond donors (Lipinski definition) is 2. The van der Waals surface area contributed by atoms with Crippen molar-refractivity contribution in [3.05, 3.63) is 29.7 Å². The van der Waals surface area contributed by atoms with Gasteiger partial charge in [0.25, 0.3) is 5.91 Å². The first-order valence-corrected chi connectivity index (χ1v) is 6.80. The fourth-order valence-corrected chi connectivity index (χ4v) is 2.17. The van der Waals surface area contributed by atoms with Crippen molar-refractivity contribution >= 4 is 42.1 Å². The Bertz CT molecular complexity index is 550. The van der Waals surface area contributed by atoms with Crippen LogP contribution in [0.3, 0.4) is 0 Å². The van der Waals surface area contributed by atoms with Gasteiger partial charge in [-0.3, -0.25) is 14.8 Å². The molecular formula is C12H17Cl2N5OS. The second-order valence-electron chi connectivity index (χ2n) is 4.15. The Balaban J connectivity index is 0.00000200. The molecule has 0 bridgehead atoms. The van der Waals surface area contributed by atoms with Crippen LogP contribution in [0.4, 0.5) is 0 Å². The average molecular weight is 350 g/mol. The molecule has 9 heteroatoms. The normalized spacial score (nSPS) is 11.0. The first kappa shape index (κ1) is 19.7. The molecule has 0 aliphatic rings. The highest BCUT2D eigenvalue weighted by Gasteiger charge is 2.12.